The fourth-order valence-corrected chi connectivity index (χ4v) is 3.63. The zero-order chi connectivity index (χ0) is 16.6. The maximum absolute atomic E-state index is 12.4. The van der Waals surface area contributed by atoms with Crippen LogP contribution in [0.3, 0.4) is 0 Å². The van der Waals surface area contributed by atoms with E-state index in [4.69, 9.17) is 34.8 Å². The normalized spacial score (nSPS) is 16.7. The van der Waals surface area contributed by atoms with Gasteiger partial charge in [-0.25, -0.2) is 9.97 Å². The predicted octanol–water partition coefficient (Wildman–Crippen LogP) is 4.29. The Morgan fingerprint density at radius 2 is 1.91 bits per heavy atom. The van der Waals surface area contributed by atoms with Gasteiger partial charge in [-0.2, -0.15) is 0 Å². The third-order valence-corrected chi connectivity index (χ3v) is 5.13. The second-order valence-corrected chi connectivity index (χ2v) is 6.87. The molecular weight excluding hydrogens is 357 g/mol. The average Bonchev–Trinajstić information content (AvgIpc) is 3.29. The minimum atomic E-state index is -0.341. The lowest BCUT2D eigenvalue weighted by molar-refractivity contribution is 0.0926. The monoisotopic (exact) mass is 369 g/mol. The smallest absolute Gasteiger partial charge is 0.273 e. The second-order valence-electron chi connectivity index (χ2n) is 5.67. The van der Waals surface area contributed by atoms with Gasteiger partial charge in [0.25, 0.3) is 5.91 Å². The summed E-state index contributed by atoms with van der Waals surface area (Å²) >= 11 is 18.2. The zero-order valence-electron chi connectivity index (χ0n) is 12.3. The molecule has 2 aromatic rings. The van der Waals surface area contributed by atoms with Crippen LogP contribution in [0.1, 0.15) is 35.8 Å². The van der Waals surface area contributed by atoms with Gasteiger partial charge < -0.3 is 5.32 Å². The van der Waals surface area contributed by atoms with E-state index in [1.807, 2.05) is 19.1 Å². The first-order chi connectivity index (χ1) is 10.9. The van der Waals surface area contributed by atoms with Gasteiger partial charge in [-0.15, -0.1) is 0 Å². The minimum absolute atomic E-state index is 0.0894. The van der Waals surface area contributed by atoms with Crippen molar-refractivity contribution in [2.75, 3.05) is 0 Å². The number of rotatable bonds is 4. The lowest BCUT2D eigenvalue weighted by Crippen LogP contribution is -2.41. The molecule has 1 aliphatic rings. The number of nitrogens with one attached hydrogen (secondary N) is 1. The molecule has 1 fully saturated rings. The van der Waals surface area contributed by atoms with Crippen LogP contribution < -0.4 is 5.32 Å². The van der Waals surface area contributed by atoms with Crippen molar-refractivity contribution in [3.63, 3.8) is 0 Å². The summed E-state index contributed by atoms with van der Waals surface area (Å²) in [4.78, 5) is 20.2. The number of aromatic nitrogens is 2. The first-order valence-electron chi connectivity index (χ1n) is 7.17. The molecule has 1 aromatic heterocycles. The van der Waals surface area contributed by atoms with Crippen molar-refractivity contribution in [2.24, 2.45) is 0 Å². The number of benzene rings is 1. The molecule has 3 rings (SSSR count). The van der Waals surface area contributed by atoms with E-state index < -0.39 is 0 Å². The quantitative estimate of drug-likeness (QED) is 0.873. The standard InChI is InChI=1S/C16H14Cl3N3O/c1-9(22-15(23)13-14(19)21-7-6-20-13)16(4-5-16)11-3-2-10(17)8-12(11)18/h2-3,6-9H,4-5H2,1H3,(H,22,23). The van der Waals surface area contributed by atoms with Gasteiger partial charge in [-0.05, 0) is 37.5 Å². The summed E-state index contributed by atoms with van der Waals surface area (Å²) in [6, 6.07) is 5.35. The maximum Gasteiger partial charge on any atom is 0.273 e. The van der Waals surface area contributed by atoms with Crippen LogP contribution in [-0.4, -0.2) is 21.9 Å². The highest BCUT2D eigenvalue weighted by Gasteiger charge is 2.50. The summed E-state index contributed by atoms with van der Waals surface area (Å²) in [5.74, 6) is -0.341. The number of carbonyl (C=O) groups excluding carboxylic acids is 1. The van der Waals surface area contributed by atoms with Crippen LogP contribution in [0.5, 0.6) is 0 Å². The predicted molar refractivity (Wildman–Crippen MR) is 91.3 cm³/mol. The van der Waals surface area contributed by atoms with Crippen molar-refractivity contribution in [2.45, 2.75) is 31.2 Å². The maximum atomic E-state index is 12.4. The highest BCUT2D eigenvalue weighted by Crippen LogP contribution is 2.53. The molecule has 0 radical (unpaired) electrons. The van der Waals surface area contributed by atoms with Crippen LogP contribution in [0.25, 0.3) is 0 Å². The van der Waals surface area contributed by atoms with Crippen LogP contribution in [0, 0.1) is 0 Å². The fourth-order valence-electron chi connectivity index (χ4n) is 2.84. The van der Waals surface area contributed by atoms with Crippen LogP contribution in [0.2, 0.25) is 15.2 Å². The van der Waals surface area contributed by atoms with Crippen molar-refractivity contribution >= 4 is 40.7 Å². The van der Waals surface area contributed by atoms with Crippen molar-refractivity contribution < 1.29 is 4.79 Å². The Bertz CT molecular complexity index is 762. The van der Waals surface area contributed by atoms with E-state index in [0.717, 1.165) is 18.4 Å². The molecule has 0 bridgehead atoms. The molecule has 0 aliphatic heterocycles. The van der Waals surface area contributed by atoms with E-state index in [1.54, 1.807) is 6.07 Å². The van der Waals surface area contributed by atoms with Crippen molar-refractivity contribution in [1.29, 1.82) is 0 Å². The lowest BCUT2D eigenvalue weighted by Gasteiger charge is -2.26. The van der Waals surface area contributed by atoms with E-state index in [1.165, 1.54) is 12.4 Å². The highest BCUT2D eigenvalue weighted by molar-refractivity contribution is 6.35. The molecule has 120 valence electrons. The summed E-state index contributed by atoms with van der Waals surface area (Å²) < 4.78 is 0. The Morgan fingerprint density at radius 1 is 1.22 bits per heavy atom. The van der Waals surface area contributed by atoms with E-state index >= 15 is 0 Å². The van der Waals surface area contributed by atoms with E-state index in [-0.39, 0.29) is 28.2 Å². The molecule has 1 saturated carbocycles. The number of halogens is 3. The first-order valence-corrected chi connectivity index (χ1v) is 8.30. The topological polar surface area (TPSA) is 54.9 Å². The molecule has 1 unspecified atom stereocenters. The molecule has 1 aliphatic carbocycles. The summed E-state index contributed by atoms with van der Waals surface area (Å²) in [6.45, 7) is 1.96. The highest BCUT2D eigenvalue weighted by atomic mass is 35.5. The van der Waals surface area contributed by atoms with Gasteiger partial charge in [0, 0.05) is 33.9 Å². The number of amides is 1. The van der Waals surface area contributed by atoms with Gasteiger partial charge in [0.2, 0.25) is 0 Å². The summed E-state index contributed by atoms with van der Waals surface area (Å²) in [7, 11) is 0. The number of carbonyl (C=O) groups is 1. The van der Waals surface area contributed by atoms with Crippen LogP contribution in [0.15, 0.2) is 30.6 Å². The molecule has 1 atom stereocenters. The van der Waals surface area contributed by atoms with Crippen LogP contribution in [-0.2, 0) is 5.41 Å². The van der Waals surface area contributed by atoms with Gasteiger partial charge in [-0.3, -0.25) is 4.79 Å². The summed E-state index contributed by atoms with van der Waals surface area (Å²) in [5, 5.41) is 4.27. The van der Waals surface area contributed by atoms with Crippen LogP contribution >= 0.6 is 34.8 Å². The molecule has 23 heavy (non-hydrogen) atoms. The fraction of sp³-hybridized carbons (Fsp3) is 0.312. The van der Waals surface area contributed by atoms with Crippen molar-refractivity contribution in [3.05, 3.63) is 57.0 Å². The van der Waals surface area contributed by atoms with Gasteiger partial charge in [-0.1, -0.05) is 40.9 Å². The molecule has 7 heteroatoms. The zero-order valence-corrected chi connectivity index (χ0v) is 14.6. The Labute approximate surface area is 149 Å². The number of hydrogen-bond donors (Lipinski definition) is 1. The van der Waals surface area contributed by atoms with E-state index in [0.29, 0.717) is 10.0 Å². The molecular formula is C16H14Cl3N3O. The van der Waals surface area contributed by atoms with Gasteiger partial charge in [0.1, 0.15) is 0 Å². The minimum Gasteiger partial charge on any atom is -0.347 e. The van der Waals surface area contributed by atoms with E-state index in [9.17, 15) is 4.79 Å². The SMILES string of the molecule is CC(NC(=O)c1nccnc1Cl)C1(c2ccc(Cl)cc2Cl)CC1. The van der Waals surface area contributed by atoms with Crippen molar-refractivity contribution in [3.8, 4) is 0 Å². The molecule has 4 nitrogen and oxygen atoms in total. The third-order valence-electron chi connectivity index (χ3n) is 4.30. The van der Waals surface area contributed by atoms with E-state index in [2.05, 4.69) is 15.3 Å². The Balaban J connectivity index is 1.82. The molecule has 1 amide bonds. The van der Waals surface area contributed by atoms with Crippen molar-refractivity contribution in [1.82, 2.24) is 15.3 Å². The van der Waals surface area contributed by atoms with Gasteiger partial charge in [0.15, 0.2) is 10.8 Å². The largest absolute Gasteiger partial charge is 0.347 e. The van der Waals surface area contributed by atoms with Gasteiger partial charge in [0.05, 0.1) is 0 Å². The third kappa shape index (κ3) is 3.16. The molecule has 0 spiro atoms. The molecule has 0 saturated heterocycles. The van der Waals surface area contributed by atoms with Gasteiger partial charge >= 0.3 is 0 Å². The molecule has 1 aromatic carbocycles. The average molecular weight is 371 g/mol. The molecule has 1 N–H and O–H groups in total. The molecule has 1 heterocycles. The second kappa shape index (κ2) is 6.27. The Hall–Kier alpha value is -1.36. The Morgan fingerprint density at radius 3 is 2.52 bits per heavy atom. The van der Waals surface area contributed by atoms with Crippen LogP contribution in [0.4, 0.5) is 0 Å². The number of hydrogen-bond acceptors (Lipinski definition) is 3. The lowest BCUT2D eigenvalue weighted by atomic mass is 9.88. The first kappa shape index (κ1) is 16.5. The summed E-state index contributed by atoms with van der Waals surface area (Å²) in [6.07, 6.45) is 4.78. The Kier molecular flexibility index (Phi) is 4.50. The number of nitrogens with zero attached hydrogens (tertiary/aromatic N) is 2. The summed E-state index contributed by atoms with van der Waals surface area (Å²) in [5.41, 5.74) is 0.951.